The summed E-state index contributed by atoms with van der Waals surface area (Å²) in [5.41, 5.74) is 7.47. The summed E-state index contributed by atoms with van der Waals surface area (Å²) in [6.45, 7) is 2.37. The molecule has 4 heteroatoms. The Labute approximate surface area is 188 Å². The molecule has 1 aromatic heterocycles. The summed E-state index contributed by atoms with van der Waals surface area (Å²) in [6, 6.07) is 20.3. The number of hydrogen-bond donors (Lipinski definition) is 0. The van der Waals surface area contributed by atoms with Gasteiger partial charge in [-0.25, -0.2) is 0 Å². The van der Waals surface area contributed by atoms with Crippen molar-refractivity contribution in [1.29, 1.82) is 0 Å². The third-order valence-electron chi connectivity index (χ3n) is 5.17. The topological polar surface area (TPSA) is 0 Å². The van der Waals surface area contributed by atoms with Crippen LogP contribution in [-0.4, -0.2) is 0 Å². The molecule has 134 valence electrons. The largest absolute Gasteiger partial charge is 1.00 e. The fraction of sp³-hybridized carbons (Fsp3) is 0.130. The van der Waals surface area contributed by atoms with Crippen molar-refractivity contribution in [3.8, 4) is 11.1 Å². The molecule has 0 spiro atoms. The van der Waals surface area contributed by atoms with E-state index in [2.05, 4.69) is 79.1 Å². The van der Waals surface area contributed by atoms with E-state index in [1.807, 2.05) is 11.3 Å². The molecule has 1 atom stereocenters. The van der Waals surface area contributed by atoms with Crippen LogP contribution in [0.4, 0.5) is 0 Å². The molecule has 0 bridgehead atoms. The van der Waals surface area contributed by atoms with Gasteiger partial charge in [0.25, 0.3) is 0 Å². The van der Waals surface area contributed by atoms with Crippen molar-refractivity contribution < 1.29 is 48.0 Å². The number of halogens is 2. The molecular formula is C23H18Cl2SZr. The van der Waals surface area contributed by atoms with Crippen molar-refractivity contribution in [2.75, 3.05) is 0 Å². The molecule has 2 aliphatic carbocycles. The van der Waals surface area contributed by atoms with Gasteiger partial charge in [-0.2, -0.15) is 0 Å². The molecule has 2 aliphatic rings. The third kappa shape index (κ3) is 3.83. The molecule has 0 saturated heterocycles. The van der Waals surface area contributed by atoms with Gasteiger partial charge < -0.3 is 24.8 Å². The van der Waals surface area contributed by atoms with Crippen LogP contribution in [0.3, 0.4) is 0 Å². The summed E-state index contributed by atoms with van der Waals surface area (Å²) < 4.78 is 3.37. The van der Waals surface area contributed by atoms with E-state index in [9.17, 15) is 0 Å². The summed E-state index contributed by atoms with van der Waals surface area (Å²) in [7, 11) is 0. The number of allylic oxidation sites excluding steroid dienone is 4. The van der Waals surface area contributed by atoms with E-state index in [0.717, 1.165) is 6.42 Å². The molecule has 0 fully saturated rings. The Morgan fingerprint density at radius 1 is 0.926 bits per heavy atom. The zero-order chi connectivity index (χ0) is 16.8. The summed E-state index contributed by atoms with van der Waals surface area (Å²) in [4.78, 5) is 1.41. The van der Waals surface area contributed by atoms with E-state index in [1.54, 1.807) is 12.1 Å². The predicted molar refractivity (Wildman–Crippen MR) is 104 cm³/mol. The van der Waals surface area contributed by atoms with Crippen LogP contribution in [0.2, 0.25) is 0 Å². The molecule has 1 unspecified atom stereocenters. The van der Waals surface area contributed by atoms with Gasteiger partial charge >= 0.3 is 165 Å². The van der Waals surface area contributed by atoms with E-state index >= 15 is 0 Å². The molecule has 0 saturated carbocycles. The molecule has 5 rings (SSSR count). The van der Waals surface area contributed by atoms with Crippen LogP contribution >= 0.6 is 11.3 Å². The molecule has 3 aromatic rings. The minimum atomic E-state index is -0.758. The van der Waals surface area contributed by atoms with Gasteiger partial charge in [-0.05, 0) is 0 Å². The monoisotopic (exact) mass is 486 g/mol. The van der Waals surface area contributed by atoms with Crippen LogP contribution in [0.15, 0.2) is 75.4 Å². The fourth-order valence-corrected chi connectivity index (χ4v) is 8.06. The van der Waals surface area contributed by atoms with Gasteiger partial charge in [0, 0.05) is 0 Å². The molecule has 0 amide bonds. The summed E-state index contributed by atoms with van der Waals surface area (Å²) in [5, 5.41) is 2.17. The average molecular weight is 489 g/mol. The van der Waals surface area contributed by atoms with Gasteiger partial charge in [0.05, 0.1) is 0 Å². The van der Waals surface area contributed by atoms with Gasteiger partial charge in [-0.3, -0.25) is 0 Å². The second-order valence-electron chi connectivity index (χ2n) is 6.78. The van der Waals surface area contributed by atoms with Crippen LogP contribution in [0.1, 0.15) is 22.9 Å². The van der Waals surface area contributed by atoms with Crippen molar-refractivity contribution in [3.63, 3.8) is 0 Å². The molecule has 27 heavy (non-hydrogen) atoms. The molecule has 2 aromatic carbocycles. The predicted octanol–water partition coefficient (Wildman–Crippen LogP) is -0.348. The number of rotatable bonds is 3. The Kier molecular flexibility index (Phi) is 6.64. The molecular weight excluding hydrogens is 470 g/mol. The summed E-state index contributed by atoms with van der Waals surface area (Å²) >= 11 is 1.09. The van der Waals surface area contributed by atoms with E-state index < -0.39 is 23.2 Å². The Hall–Kier alpha value is -0.917. The van der Waals surface area contributed by atoms with Crippen LogP contribution in [0.5, 0.6) is 0 Å². The van der Waals surface area contributed by atoms with Crippen molar-refractivity contribution in [2.45, 2.75) is 13.3 Å². The molecule has 1 heterocycles. The average Bonchev–Trinajstić information content (AvgIpc) is 3.34. The van der Waals surface area contributed by atoms with Crippen LogP contribution < -0.4 is 28.1 Å². The second-order valence-corrected chi connectivity index (χ2v) is 11.1. The first-order valence-corrected chi connectivity index (χ1v) is 12.1. The van der Waals surface area contributed by atoms with Gasteiger partial charge in [-0.1, -0.05) is 0 Å². The van der Waals surface area contributed by atoms with Crippen molar-refractivity contribution in [2.24, 2.45) is 5.92 Å². The SMILES string of the molecule is CC1C=C(c2cccs2)C=[C]1[Zr+2][c]1cccc2c1Cc1ccccc1-2.[Cl-].[Cl-]. The molecule has 0 N–H and O–H groups in total. The minimum Gasteiger partial charge on any atom is -1.00 e. The quantitative estimate of drug-likeness (QED) is 0.370. The van der Waals surface area contributed by atoms with Gasteiger partial charge in [0.2, 0.25) is 0 Å². The number of thiophene rings is 1. The molecule has 0 radical (unpaired) electrons. The fourth-order valence-electron chi connectivity index (χ4n) is 3.88. The zero-order valence-corrected chi connectivity index (χ0v) is 19.7. The standard InChI is InChI=1S/C13H9.C10H9S.2ClH.Zr/c1-3-7-12-10(5-1)9-11-6-2-4-8-13(11)12;1-8-4-5-9(7-8)10-3-2-6-11-10;;;/h1-5,7-8H,9H2;2-3,5-8H,1H3;2*1H;/q;;;;+2/p-2. The molecule has 0 aliphatic heterocycles. The smallest absolute Gasteiger partial charge is 1.00 e. The number of hydrogen-bond acceptors (Lipinski definition) is 1. The van der Waals surface area contributed by atoms with Gasteiger partial charge in [0.1, 0.15) is 0 Å². The molecule has 0 nitrogen and oxygen atoms in total. The van der Waals surface area contributed by atoms with Gasteiger partial charge in [0.15, 0.2) is 0 Å². The van der Waals surface area contributed by atoms with Crippen LogP contribution in [-0.2, 0) is 29.7 Å². The number of fused-ring (bicyclic) bond motifs is 3. The van der Waals surface area contributed by atoms with Gasteiger partial charge in [-0.15, -0.1) is 0 Å². The first kappa shape index (κ1) is 20.8. The first-order valence-electron chi connectivity index (χ1n) is 8.74. The minimum absolute atomic E-state index is 0. The van der Waals surface area contributed by atoms with Crippen molar-refractivity contribution >= 4 is 20.2 Å². The van der Waals surface area contributed by atoms with Crippen molar-refractivity contribution in [3.05, 3.63) is 91.4 Å². The van der Waals surface area contributed by atoms with E-state index in [1.165, 1.54) is 27.1 Å². The Morgan fingerprint density at radius 2 is 1.74 bits per heavy atom. The van der Waals surface area contributed by atoms with Crippen LogP contribution in [0, 0.1) is 5.92 Å². The zero-order valence-electron chi connectivity index (χ0n) is 14.9. The normalized spacial score (nSPS) is 16.3. The maximum Gasteiger partial charge on any atom is -1.00 e. The van der Waals surface area contributed by atoms with E-state index in [4.69, 9.17) is 0 Å². The first-order chi connectivity index (χ1) is 12.3. The Bertz CT molecular complexity index is 1020. The summed E-state index contributed by atoms with van der Waals surface area (Å²) in [5.74, 6) is 0.600. The second kappa shape index (κ2) is 8.62. The number of benzene rings is 2. The third-order valence-corrected chi connectivity index (χ3v) is 10.1. The Balaban J connectivity index is 0.00000105. The van der Waals surface area contributed by atoms with E-state index in [0.29, 0.717) is 5.92 Å². The summed E-state index contributed by atoms with van der Waals surface area (Å²) in [6.07, 6.45) is 6.07. The van der Waals surface area contributed by atoms with Crippen molar-refractivity contribution in [1.82, 2.24) is 0 Å². The maximum absolute atomic E-state index is 2.49. The van der Waals surface area contributed by atoms with Crippen LogP contribution in [0.25, 0.3) is 16.7 Å². The Morgan fingerprint density at radius 3 is 2.56 bits per heavy atom. The van der Waals surface area contributed by atoms with E-state index in [-0.39, 0.29) is 24.8 Å². The maximum atomic E-state index is 2.49.